The van der Waals surface area contributed by atoms with Crippen molar-refractivity contribution in [3.63, 3.8) is 0 Å². The lowest BCUT2D eigenvalue weighted by molar-refractivity contribution is 0.261. The molecule has 0 unspecified atom stereocenters. The number of hydrogen-bond acceptors (Lipinski definition) is 6. The number of halogens is 1. The van der Waals surface area contributed by atoms with E-state index in [4.69, 9.17) is 11.6 Å². The molecule has 1 heterocycles. The van der Waals surface area contributed by atoms with Gasteiger partial charge in [0.2, 0.25) is 0 Å². The first-order valence-corrected chi connectivity index (χ1v) is 10.4. The van der Waals surface area contributed by atoms with Crippen molar-refractivity contribution in [1.29, 1.82) is 0 Å². The number of nitrogens with one attached hydrogen (secondary N) is 2. The van der Waals surface area contributed by atoms with Crippen molar-refractivity contribution >= 4 is 51.6 Å². The third kappa shape index (κ3) is 4.93. The van der Waals surface area contributed by atoms with Crippen molar-refractivity contribution in [2.75, 3.05) is 4.72 Å². The molecule has 9 heteroatoms. The predicted octanol–water partition coefficient (Wildman–Crippen LogP) is 4.84. The lowest BCUT2D eigenvalue weighted by Gasteiger charge is -2.10. The number of amides is 1. The lowest BCUT2D eigenvalue weighted by Crippen LogP contribution is -2.24. The largest absolute Gasteiger partial charge is 0.322 e. The van der Waals surface area contributed by atoms with Crippen LogP contribution in [0.1, 0.15) is 5.82 Å². The van der Waals surface area contributed by atoms with E-state index in [1.54, 1.807) is 54.6 Å². The summed E-state index contributed by atoms with van der Waals surface area (Å²) in [4.78, 5) is 29.7. The minimum atomic E-state index is -0.430. The third-order valence-electron chi connectivity index (χ3n) is 4.26. The SMILES string of the molecule is O=C(N/N=C/c1nc2ccccc2c(=O)n1-c1ccccc1)SNc1ccc(Cl)cc1. The quantitative estimate of drug-likeness (QED) is 0.258. The number of hydrazone groups is 1. The van der Waals surface area contributed by atoms with Gasteiger partial charge in [0.15, 0.2) is 5.82 Å². The second-order valence-electron chi connectivity index (χ2n) is 6.33. The molecule has 0 spiro atoms. The molecule has 3 aromatic carbocycles. The number of carbonyl (C=O) groups is 1. The van der Waals surface area contributed by atoms with Gasteiger partial charge >= 0.3 is 5.24 Å². The number of nitrogens with zero attached hydrogens (tertiary/aromatic N) is 3. The van der Waals surface area contributed by atoms with E-state index in [1.165, 1.54) is 10.8 Å². The summed E-state index contributed by atoms with van der Waals surface area (Å²) < 4.78 is 4.35. The average Bonchev–Trinajstić information content (AvgIpc) is 2.79. The Morgan fingerprint density at radius 1 is 1.00 bits per heavy atom. The summed E-state index contributed by atoms with van der Waals surface area (Å²) in [6.45, 7) is 0. The molecule has 0 aliphatic carbocycles. The van der Waals surface area contributed by atoms with Gasteiger partial charge in [-0.25, -0.2) is 10.4 Å². The summed E-state index contributed by atoms with van der Waals surface area (Å²) in [6.07, 6.45) is 1.35. The molecule has 31 heavy (non-hydrogen) atoms. The summed E-state index contributed by atoms with van der Waals surface area (Å²) in [7, 11) is 0. The van der Waals surface area contributed by atoms with Crippen molar-refractivity contribution in [3.8, 4) is 5.69 Å². The van der Waals surface area contributed by atoms with E-state index < -0.39 is 5.24 Å². The van der Waals surface area contributed by atoms with Crippen molar-refractivity contribution in [2.24, 2.45) is 5.10 Å². The predicted molar refractivity (Wildman–Crippen MR) is 126 cm³/mol. The third-order valence-corrected chi connectivity index (χ3v) is 5.12. The number of aromatic nitrogens is 2. The maximum Gasteiger partial charge on any atom is 0.319 e. The average molecular weight is 450 g/mol. The normalized spacial score (nSPS) is 11.0. The topological polar surface area (TPSA) is 88.4 Å². The van der Waals surface area contributed by atoms with Gasteiger partial charge in [0.1, 0.15) is 0 Å². The molecule has 154 valence electrons. The van der Waals surface area contributed by atoms with E-state index in [2.05, 4.69) is 20.2 Å². The molecule has 2 N–H and O–H groups in total. The molecule has 0 fully saturated rings. The number of hydrogen-bond donors (Lipinski definition) is 2. The Labute approximate surface area is 186 Å². The van der Waals surface area contributed by atoms with Crippen LogP contribution in [-0.2, 0) is 0 Å². The lowest BCUT2D eigenvalue weighted by atomic mass is 10.2. The van der Waals surface area contributed by atoms with Crippen LogP contribution in [0.25, 0.3) is 16.6 Å². The van der Waals surface area contributed by atoms with E-state index in [-0.39, 0.29) is 5.56 Å². The monoisotopic (exact) mass is 449 g/mol. The van der Waals surface area contributed by atoms with Gasteiger partial charge in [-0.05, 0) is 48.5 Å². The fourth-order valence-corrected chi connectivity index (χ4v) is 3.42. The maximum atomic E-state index is 13.1. The number of rotatable bonds is 5. The molecule has 4 rings (SSSR count). The first-order valence-electron chi connectivity index (χ1n) is 9.20. The molecular formula is C22H16ClN5O2S. The Bertz CT molecular complexity index is 1310. The Kier molecular flexibility index (Phi) is 6.30. The zero-order valence-corrected chi connectivity index (χ0v) is 17.6. The summed E-state index contributed by atoms with van der Waals surface area (Å²) in [5.41, 5.74) is 4.11. The fraction of sp³-hybridized carbons (Fsp3) is 0. The molecule has 0 aliphatic heterocycles. The van der Waals surface area contributed by atoms with Gasteiger partial charge in [-0.15, -0.1) is 0 Å². The van der Waals surface area contributed by atoms with Crippen LogP contribution >= 0.6 is 23.5 Å². The highest BCUT2D eigenvalue weighted by Gasteiger charge is 2.11. The molecule has 1 amide bonds. The summed E-state index contributed by atoms with van der Waals surface area (Å²) >= 11 is 6.67. The molecule has 0 aliphatic rings. The van der Waals surface area contributed by atoms with Crippen LogP contribution < -0.4 is 15.7 Å². The van der Waals surface area contributed by atoms with Gasteiger partial charge in [-0.2, -0.15) is 5.10 Å². The van der Waals surface area contributed by atoms with Crippen LogP contribution in [-0.4, -0.2) is 21.0 Å². The van der Waals surface area contributed by atoms with E-state index >= 15 is 0 Å². The zero-order valence-electron chi connectivity index (χ0n) is 16.0. The van der Waals surface area contributed by atoms with Gasteiger partial charge in [-0.1, -0.05) is 41.9 Å². The van der Waals surface area contributed by atoms with Crippen LogP contribution in [0.4, 0.5) is 10.5 Å². The molecule has 0 bridgehead atoms. The number of anilines is 1. The molecule has 0 saturated carbocycles. The molecular weight excluding hydrogens is 434 g/mol. The summed E-state index contributed by atoms with van der Waals surface area (Å²) in [5, 5.41) is 4.65. The van der Waals surface area contributed by atoms with Crippen molar-refractivity contribution in [1.82, 2.24) is 15.0 Å². The van der Waals surface area contributed by atoms with E-state index in [1.807, 2.05) is 24.3 Å². The smallest absolute Gasteiger partial charge is 0.319 e. The van der Waals surface area contributed by atoms with Crippen molar-refractivity contribution in [3.05, 3.63) is 100 Å². The van der Waals surface area contributed by atoms with Gasteiger partial charge in [-0.3, -0.25) is 14.2 Å². The highest BCUT2D eigenvalue weighted by atomic mass is 35.5. The van der Waals surface area contributed by atoms with Gasteiger partial charge in [0.25, 0.3) is 5.56 Å². The first kappa shape index (κ1) is 20.6. The van der Waals surface area contributed by atoms with Crippen molar-refractivity contribution < 1.29 is 4.79 Å². The summed E-state index contributed by atoms with van der Waals surface area (Å²) in [6, 6.07) is 23.2. The Hall–Kier alpha value is -3.62. The Morgan fingerprint density at radius 2 is 1.71 bits per heavy atom. The van der Waals surface area contributed by atoms with E-state index in [9.17, 15) is 9.59 Å². The fourth-order valence-electron chi connectivity index (χ4n) is 2.85. The molecule has 0 saturated heterocycles. The van der Waals surface area contributed by atoms with Gasteiger partial charge in [0, 0.05) is 22.7 Å². The highest BCUT2D eigenvalue weighted by Crippen LogP contribution is 2.17. The summed E-state index contributed by atoms with van der Waals surface area (Å²) in [5.74, 6) is 0.297. The van der Waals surface area contributed by atoms with Crippen LogP contribution in [0.5, 0.6) is 0 Å². The van der Waals surface area contributed by atoms with E-state index in [0.29, 0.717) is 27.4 Å². The van der Waals surface area contributed by atoms with Crippen molar-refractivity contribution in [2.45, 2.75) is 0 Å². The van der Waals surface area contributed by atoms with Gasteiger partial charge < -0.3 is 4.72 Å². The number of para-hydroxylation sites is 2. The second-order valence-corrected chi connectivity index (χ2v) is 7.55. The Balaban J connectivity index is 1.55. The van der Waals surface area contributed by atoms with Crippen LogP contribution in [0.2, 0.25) is 5.02 Å². The first-order chi connectivity index (χ1) is 15.1. The van der Waals surface area contributed by atoms with E-state index in [0.717, 1.165) is 17.6 Å². The molecule has 4 aromatic rings. The molecule has 0 atom stereocenters. The van der Waals surface area contributed by atoms with Crippen LogP contribution in [0.15, 0.2) is 88.8 Å². The second kappa shape index (κ2) is 9.46. The minimum Gasteiger partial charge on any atom is -0.322 e. The Morgan fingerprint density at radius 3 is 2.48 bits per heavy atom. The standard InChI is InChI=1S/C22H16ClN5O2S/c23-15-10-12-16(13-11-15)27-31-22(30)26-24-14-20-25-19-9-5-4-8-18(19)21(29)28(20)17-6-2-1-3-7-17/h1-14,27H,(H,26,30)/b24-14+. The van der Waals surface area contributed by atoms with Crippen LogP contribution in [0.3, 0.4) is 0 Å². The highest BCUT2D eigenvalue weighted by molar-refractivity contribution is 8.14. The van der Waals surface area contributed by atoms with Crippen LogP contribution in [0, 0.1) is 0 Å². The minimum absolute atomic E-state index is 0.219. The molecule has 0 radical (unpaired) electrons. The zero-order chi connectivity index (χ0) is 21.6. The van der Waals surface area contributed by atoms with Gasteiger partial charge in [0.05, 0.1) is 22.8 Å². The molecule has 1 aromatic heterocycles. The maximum absolute atomic E-state index is 13.1. The number of benzene rings is 3. The molecule has 7 nitrogen and oxygen atoms in total. The number of carbonyl (C=O) groups excluding carboxylic acids is 1. The number of fused-ring (bicyclic) bond motifs is 1.